The molecule has 0 bridgehead atoms. The first-order chi connectivity index (χ1) is 6.15. The van der Waals surface area contributed by atoms with Gasteiger partial charge in [-0.25, -0.2) is 13.2 Å². The van der Waals surface area contributed by atoms with Gasteiger partial charge in [-0.05, 0) is 6.66 Å². The van der Waals surface area contributed by atoms with E-state index in [0.717, 1.165) is 0 Å². The Morgan fingerprint density at radius 3 is 1.69 bits per heavy atom. The molecule has 0 spiro atoms. The Kier molecular flexibility index (Phi) is 5.72. The highest BCUT2D eigenvalue weighted by molar-refractivity contribution is 7.46. The van der Waals surface area contributed by atoms with Crippen molar-refractivity contribution < 1.29 is 13.2 Å². The zero-order chi connectivity index (χ0) is 10.4. The van der Waals surface area contributed by atoms with Gasteiger partial charge in [0, 0.05) is 17.4 Å². The minimum Gasteiger partial charge on any atom is -0.207 e. The molecule has 1 rings (SSSR count). The van der Waals surface area contributed by atoms with E-state index in [-0.39, 0.29) is 13.9 Å². The molecule has 0 aliphatic heterocycles. The highest BCUT2D eigenvalue weighted by atomic mass is 31.1. The second-order valence-corrected chi connectivity index (χ2v) is 2.99. The molecule has 0 saturated heterocycles. The monoisotopic (exact) mass is 208 g/mol. The molecule has 0 N–H and O–H groups in total. The minimum atomic E-state index is -0.873. The molecular formula is C9H12F3P. The van der Waals surface area contributed by atoms with E-state index in [4.69, 9.17) is 0 Å². The van der Waals surface area contributed by atoms with E-state index in [0.29, 0.717) is 12.1 Å². The molecule has 0 saturated carbocycles. The van der Waals surface area contributed by atoms with E-state index in [1.54, 1.807) is 6.66 Å². The molecule has 13 heavy (non-hydrogen) atoms. The Morgan fingerprint density at radius 1 is 1.00 bits per heavy atom. The Labute approximate surface area is 77.9 Å². The molecule has 0 amide bonds. The summed E-state index contributed by atoms with van der Waals surface area (Å²) in [5.41, 5.74) is 0. The van der Waals surface area contributed by atoms with Crippen molar-refractivity contribution in [2.24, 2.45) is 0 Å². The average molecular weight is 208 g/mol. The van der Waals surface area contributed by atoms with Gasteiger partial charge in [0.2, 0.25) is 0 Å². The van der Waals surface area contributed by atoms with E-state index < -0.39 is 17.5 Å². The molecule has 0 fully saturated rings. The standard InChI is InChI=1S/C7H6F3P.C2H6/c1-11-7-5(9)2-4(8)3-6(7)10;1-2/h2-3,11H,1H3;1-2H3. The number of hydrogen-bond donors (Lipinski definition) is 0. The van der Waals surface area contributed by atoms with Crippen LogP contribution in [0.5, 0.6) is 0 Å². The van der Waals surface area contributed by atoms with Gasteiger partial charge < -0.3 is 0 Å². The number of hydrogen-bond acceptors (Lipinski definition) is 0. The highest BCUT2D eigenvalue weighted by Crippen LogP contribution is 2.13. The van der Waals surface area contributed by atoms with Crippen LogP contribution in [0.1, 0.15) is 13.8 Å². The number of rotatable bonds is 1. The summed E-state index contributed by atoms with van der Waals surface area (Å²) >= 11 is 0. The topological polar surface area (TPSA) is 0 Å². The van der Waals surface area contributed by atoms with Crippen LogP contribution in [0, 0.1) is 17.5 Å². The van der Waals surface area contributed by atoms with Crippen molar-refractivity contribution in [1.29, 1.82) is 0 Å². The molecule has 0 aliphatic carbocycles. The maximum absolute atomic E-state index is 12.6. The van der Waals surface area contributed by atoms with Crippen molar-refractivity contribution in [2.45, 2.75) is 13.8 Å². The quantitative estimate of drug-likeness (QED) is 0.622. The molecule has 1 aromatic rings. The molecule has 0 aromatic heterocycles. The van der Waals surface area contributed by atoms with Gasteiger partial charge in [-0.1, -0.05) is 22.4 Å². The summed E-state index contributed by atoms with van der Waals surface area (Å²) in [6.45, 7) is 5.64. The Hall–Kier alpha value is -0.560. The van der Waals surface area contributed by atoms with Gasteiger partial charge in [0.15, 0.2) is 0 Å². The van der Waals surface area contributed by atoms with Crippen LogP contribution in [0.2, 0.25) is 0 Å². The fourth-order valence-electron chi connectivity index (χ4n) is 0.781. The van der Waals surface area contributed by atoms with Crippen LogP contribution in [0.25, 0.3) is 0 Å². The third kappa shape index (κ3) is 3.35. The lowest BCUT2D eigenvalue weighted by molar-refractivity contribution is 0.554. The molecular weight excluding hydrogens is 196 g/mol. The molecule has 1 atom stereocenters. The third-order valence-electron chi connectivity index (χ3n) is 1.26. The van der Waals surface area contributed by atoms with Crippen LogP contribution < -0.4 is 5.30 Å². The van der Waals surface area contributed by atoms with Crippen molar-refractivity contribution in [3.63, 3.8) is 0 Å². The molecule has 0 heterocycles. The van der Waals surface area contributed by atoms with Crippen molar-refractivity contribution in [3.05, 3.63) is 29.6 Å². The Morgan fingerprint density at radius 2 is 1.38 bits per heavy atom. The third-order valence-corrected chi connectivity index (χ3v) is 2.23. The fourth-order valence-corrected chi connectivity index (χ4v) is 1.40. The number of halogens is 3. The Bertz CT molecular complexity index is 251. The maximum Gasteiger partial charge on any atom is 0.136 e. The molecule has 74 valence electrons. The van der Waals surface area contributed by atoms with Crippen LogP contribution >= 0.6 is 8.58 Å². The second kappa shape index (κ2) is 5.98. The van der Waals surface area contributed by atoms with E-state index in [1.807, 2.05) is 13.8 Å². The fraction of sp³-hybridized carbons (Fsp3) is 0.333. The van der Waals surface area contributed by atoms with Crippen molar-refractivity contribution in [1.82, 2.24) is 0 Å². The van der Waals surface area contributed by atoms with Crippen LogP contribution in [0.4, 0.5) is 13.2 Å². The van der Waals surface area contributed by atoms with Crippen LogP contribution in [0.3, 0.4) is 0 Å². The van der Waals surface area contributed by atoms with Gasteiger partial charge in [-0.2, -0.15) is 0 Å². The second-order valence-electron chi connectivity index (χ2n) is 1.99. The average Bonchev–Trinajstić information content (AvgIpc) is 2.07. The van der Waals surface area contributed by atoms with Crippen molar-refractivity contribution in [2.75, 3.05) is 6.66 Å². The maximum atomic E-state index is 12.6. The summed E-state index contributed by atoms with van der Waals surface area (Å²) in [6, 6.07) is 1.38. The van der Waals surface area contributed by atoms with Crippen molar-refractivity contribution in [3.8, 4) is 0 Å². The van der Waals surface area contributed by atoms with Crippen LogP contribution in [-0.4, -0.2) is 6.66 Å². The molecule has 0 aliphatic rings. The van der Waals surface area contributed by atoms with Gasteiger partial charge in [-0.3, -0.25) is 0 Å². The summed E-state index contributed by atoms with van der Waals surface area (Å²) in [4.78, 5) is 0. The van der Waals surface area contributed by atoms with E-state index >= 15 is 0 Å². The van der Waals surface area contributed by atoms with E-state index in [2.05, 4.69) is 0 Å². The summed E-state index contributed by atoms with van der Waals surface area (Å²) in [6.07, 6.45) is 0. The van der Waals surface area contributed by atoms with Crippen LogP contribution in [0.15, 0.2) is 12.1 Å². The van der Waals surface area contributed by atoms with E-state index in [9.17, 15) is 13.2 Å². The zero-order valence-electron chi connectivity index (χ0n) is 7.79. The minimum absolute atomic E-state index is 0.00741. The molecule has 4 heteroatoms. The summed E-state index contributed by atoms with van der Waals surface area (Å²) in [5.74, 6) is -2.48. The predicted molar refractivity (Wildman–Crippen MR) is 51.5 cm³/mol. The van der Waals surface area contributed by atoms with Gasteiger partial charge in [-0.15, -0.1) is 0 Å². The SMILES string of the molecule is CC.CPc1c(F)cc(F)cc1F. The van der Waals surface area contributed by atoms with Crippen molar-refractivity contribution >= 4 is 13.9 Å². The van der Waals surface area contributed by atoms with E-state index in [1.165, 1.54) is 0 Å². The smallest absolute Gasteiger partial charge is 0.136 e. The lowest BCUT2D eigenvalue weighted by atomic mass is 10.3. The lowest BCUT2D eigenvalue weighted by Gasteiger charge is -2.00. The van der Waals surface area contributed by atoms with Gasteiger partial charge in [0.05, 0.1) is 0 Å². The first kappa shape index (κ1) is 12.4. The predicted octanol–water partition coefficient (Wildman–Crippen LogP) is 3.06. The summed E-state index contributed by atoms with van der Waals surface area (Å²) in [7, 11) is 0.00741. The number of benzene rings is 1. The summed E-state index contributed by atoms with van der Waals surface area (Å²) in [5, 5.41) is -0.0357. The molecule has 0 nitrogen and oxygen atoms in total. The molecule has 0 radical (unpaired) electrons. The Balaban J connectivity index is 0.000000671. The normalized spacial score (nSPS) is 10.0. The van der Waals surface area contributed by atoms with Gasteiger partial charge in [0.25, 0.3) is 0 Å². The van der Waals surface area contributed by atoms with Crippen LogP contribution in [-0.2, 0) is 0 Å². The van der Waals surface area contributed by atoms with Gasteiger partial charge >= 0.3 is 0 Å². The largest absolute Gasteiger partial charge is 0.207 e. The first-order valence-electron chi connectivity index (χ1n) is 3.97. The molecule has 1 aromatic carbocycles. The van der Waals surface area contributed by atoms with Gasteiger partial charge in [0.1, 0.15) is 17.5 Å². The summed E-state index contributed by atoms with van der Waals surface area (Å²) < 4.78 is 37.5. The molecule has 1 unspecified atom stereocenters. The zero-order valence-corrected chi connectivity index (χ0v) is 8.79. The highest BCUT2D eigenvalue weighted by Gasteiger charge is 2.08. The lowest BCUT2D eigenvalue weighted by Crippen LogP contribution is -2.07. The first-order valence-corrected chi connectivity index (χ1v) is 5.47.